The number of piperidine rings is 1. The maximum absolute atomic E-state index is 3.73. The van der Waals surface area contributed by atoms with Crippen LogP contribution < -0.4 is 5.32 Å². The molecule has 0 spiro atoms. The zero-order chi connectivity index (χ0) is 12.2. The summed E-state index contributed by atoms with van der Waals surface area (Å²) in [5.41, 5.74) is 0.559. The summed E-state index contributed by atoms with van der Waals surface area (Å²) in [6.07, 6.45) is 11.3. The minimum atomic E-state index is 0.279. The maximum Gasteiger partial charge on any atom is 0.0135 e. The smallest absolute Gasteiger partial charge is 0.0135 e. The molecule has 0 radical (unpaired) electrons. The molecule has 1 heteroatoms. The van der Waals surface area contributed by atoms with Gasteiger partial charge in [0.1, 0.15) is 0 Å². The molecule has 0 aromatic heterocycles. The van der Waals surface area contributed by atoms with Gasteiger partial charge in [0.25, 0.3) is 0 Å². The second kappa shape index (κ2) is 5.35. The second-order valence-electron chi connectivity index (χ2n) is 6.63. The van der Waals surface area contributed by atoms with Gasteiger partial charge in [-0.2, -0.15) is 0 Å². The van der Waals surface area contributed by atoms with Crippen molar-refractivity contribution >= 4 is 0 Å². The molecule has 0 saturated carbocycles. The molecular formula is C15H29N. The molecule has 0 aromatic rings. The van der Waals surface area contributed by atoms with E-state index in [9.17, 15) is 0 Å². The predicted molar refractivity (Wildman–Crippen MR) is 72.7 cm³/mol. The van der Waals surface area contributed by atoms with E-state index in [0.717, 1.165) is 5.92 Å². The van der Waals surface area contributed by atoms with Crippen LogP contribution in [0.5, 0.6) is 0 Å². The molecule has 1 saturated heterocycles. The molecule has 1 aliphatic heterocycles. The van der Waals surface area contributed by atoms with Gasteiger partial charge in [-0.25, -0.2) is 0 Å². The van der Waals surface area contributed by atoms with Gasteiger partial charge >= 0.3 is 0 Å². The first kappa shape index (κ1) is 13.8. The molecule has 1 rings (SSSR count). The largest absolute Gasteiger partial charge is 0.307 e. The lowest BCUT2D eigenvalue weighted by Gasteiger charge is -2.46. The van der Waals surface area contributed by atoms with Crippen molar-refractivity contribution in [2.45, 2.75) is 77.8 Å². The highest BCUT2D eigenvalue weighted by atomic mass is 15.0. The summed E-state index contributed by atoms with van der Waals surface area (Å²) in [6.45, 7) is 11.5. The first-order valence-electron chi connectivity index (χ1n) is 6.81. The Morgan fingerprint density at radius 3 is 2.19 bits per heavy atom. The SMILES string of the molecule is CCCCC=CC1CC(C)(C)NC(C)(C)C1. The Labute approximate surface area is 102 Å². The Morgan fingerprint density at radius 2 is 1.69 bits per heavy atom. The number of hydrogen-bond acceptors (Lipinski definition) is 1. The number of unbranched alkanes of at least 4 members (excludes halogenated alkanes) is 2. The van der Waals surface area contributed by atoms with E-state index in [1.165, 1.54) is 32.1 Å². The molecule has 1 aliphatic rings. The van der Waals surface area contributed by atoms with Gasteiger partial charge in [-0.05, 0) is 52.9 Å². The van der Waals surface area contributed by atoms with Crippen LogP contribution in [-0.2, 0) is 0 Å². The Balaban J connectivity index is 2.51. The summed E-state index contributed by atoms with van der Waals surface area (Å²) in [7, 11) is 0. The third-order valence-electron chi connectivity index (χ3n) is 3.35. The van der Waals surface area contributed by atoms with Crippen molar-refractivity contribution in [3.63, 3.8) is 0 Å². The predicted octanol–water partition coefficient (Wildman–Crippen LogP) is 4.29. The summed E-state index contributed by atoms with van der Waals surface area (Å²) in [5, 5.41) is 3.73. The van der Waals surface area contributed by atoms with Crippen molar-refractivity contribution in [2.24, 2.45) is 5.92 Å². The third kappa shape index (κ3) is 4.69. The molecule has 1 fully saturated rings. The topological polar surface area (TPSA) is 12.0 Å². The van der Waals surface area contributed by atoms with E-state index in [4.69, 9.17) is 0 Å². The summed E-state index contributed by atoms with van der Waals surface area (Å²) in [6, 6.07) is 0. The van der Waals surface area contributed by atoms with Gasteiger partial charge in [0, 0.05) is 11.1 Å². The highest BCUT2D eigenvalue weighted by Crippen LogP contribution is 2.33. The highest BCUT2D eigenvalue weighted by molar-refractivity contribution is 5.03. The standard InChI is InChI=1S/C15H29N/c1-6-7-8-9-10-13-11-14(2,3)16-15(4,5)12-13/h9-10,13,16H,6-8,11-12H2,1-5H3. The van der Waals surface area contributed by atoms with Gasteiger partial charge in [-0.1, -0.05) is 31.9 Å². The van der Waals surface area contributed by atoms with Gasteiger partial charge in [-0.15, -0.1) is 0 Å². The zero-order valence-corrected chi connectivity index (χ0v) is 11.8. The van der Waals surface area contributed by atoms with Gasteiger partial charge < -0.3 is 5.32 Å². The van der Waals surface area contributed by atoms with E-state index in [-0.39, 0.29) is 11.1 Å². The van der Waals surface area contributed by atoms with Crippen LogP contribution in [0.15, 0.2) is 12.2 Å². The minimum absolute atomic E-state index is 0.279. The summed E-state index contributed by atoms with van der Waals surface area (Å²) in [5.74, 6) is 0.753. The van der Waals surface area contributed by atoms with E-state index >= 15 is 0 Å². The summed E-state index contributed by atoms with van der Waals surface area (Å²) < 4.78 is 0. The monoisotopic (exact) mass is 223 g/mol. The van der Waals surface area contributed by atoms with E-state index in [2.05, 4.69) is 52.1 Å². The second-order valence-corrected chi connectivity index (χ2v) is 6.63. The molecule has 1 nitrogen and oxygen atoms in total. The normalized spacial score (nSPS) is 25.1. The van der Waals surface area contributed by atoms with E-state index < -0.39 is 0 Å². The van der Waals surface area contributed by atoms with Crippen molar-refractivity contribution in [3.05, 3.63) is 12.2 Å². The molecule has 0 bridgehead atoms. The number of rotatable bonds is 4. The fourth-order valence-electron chi connectivity index (χ4n) is 3.15. The first-order valence-corrected chi connectivity index (χ1v) is 6.81. The van der Waals surface area contributed by atoms with E-state index in [1.54, 1.807) is 0 Å². The molecule has 1 N–H and O–H groups in total. The molecule has 0 aromatic carbocycles. The summed E-state index contributed by atoms with van der Waals surface area (Å²) >= 11 is 0. The number of allylic oxidation sites excluding steroid dienone is 2. The highest BCUT2D eigenvalue weighted by Gasteiger charge is 2.36. The van der Waals surface area contributed by atoms with Crippen molar-refractivity contribution in [2.75, 3.05) is 0 Å². The fraction of sp³-hybridized carbons (Fsp3) is 0.867. The lowest BCUT2D eigenvalue weighted by Crippen LogP contribution is -2.57. The first-order chi connectivity index (χ1) is 7.35. The van der Waals surface area contributed by atoms with Crippen LogP contribution in [0.3, 0.4) is 0 Å². The molecule has 0 aliphatic carbocycles. The number of hydrogen-bond donors (Lipinski definition) is 1. The van der Waals surface area contributed by atoms with Crippen LogP contribution in [0.25, 0.3) is 0 Å². The van der Waals surface area contributed by atoms with Crippen molar-refractivity contribution in [1.29, 1.82) is 0 Å². The van der Waals surface area contributed by atoms with Crippen LogP contribution in [0.4, 0.5) is 0 Å². The number of nitrogens with one attached hydrogen (secondary N) is 1. The van der Waals surface area contributed by atoms with Crippen molar-refractivity contribution in [3.8, 4) is 0 Å². The quantitative estimate of drug-likeness (QED) is 0.554. The van der Waals surface area contributed by atoms with Crippen LogP contribution in [-0.4, -0.2) is 11.1 Å². The molecule has 94 valence electrons. The average molecular weight is 223 g/mol. The van der Waals surface area contributed by atoms with Crippen LogP contribution in [0.2, 0.25) is 0 Å². The lowest BCUT2D eigenvalue weighted by molar-refractivity contribution is 0.150. The lowest BCUT2D eigenvalue weighted by atomic mass is 9.76. The van der Waals surface area contributed by atoms with Crippen LogP contribution in [0.1, 0.15) is 66.7 Å². The van der Waals surface area contributed by atoms with Crippen molar-refractivity contribution in [1.82, 2.24) is 5.32 Å². The molecule has 0 unspecified atom stereocenters. The Morgan fingerprint density at radius 1 is 1.12 bits per heavy atom. The van der Waals surface area contributed by atoms with Crippen LogP contribution >= 0.6 is 0 Å². The molecular weight excluding hydrogens is 194 g/mol. The molecule has 1 heterocycles. The Bertz CT molecular complexity index is 222. The van der Waals surface area contributed by atoms with Gasteiger partial charge in [0.15, 0.2) is 0 Å². The van der Waals surface area contributed by atoms with Crippen LogP contribution in [0, 0.1) is 5.92 Å². The third-order valence-corrected chi connectivity index (χ3v) is 3.35. The van der Waals surface area contributed by atoms with Gasteiger partial charge in [0.05, 0.1) is 0 Å². The summed E-state index contributed by atoms with van der Waals surface area (Å²) in [4.78, 5) is 0. The molecule has 0 atom stereocenters. The van der Waals surface area contributed by atoms with E-state index in [1.807, 2.05) is 0 Å². The minimum Gasteiger partial charge on any atom is -0.307 e. The molecule has 16 heavy (non-hydrogen) atoms. The van der Waals surface area contributed by atoms with Crippen molar-refractivity contribution < 1.29 is 0 Å². The Hall–Kier alpha value is -0.300. The van der Waals surface area contributed by atoms with Gasteiger partial charge in [0.2, 0.25) is 0 Å². The Kier molecular flexibility index (Phi) is 4.61. The molecule has 0 amide bonds. The zero-order valence-electron chi connectivity index (χ0n) is 11.8. The maximum atomic E-state index is 3.73. The fourth-order valence-corrected chi connectivity index (χ4v) is 3.15. The average Bonchev–Trinajstić information content (AvgIpc) is 2.07. The van der Waals surface area contributed by atoms with Gasteiger partial charge in [-0.3, -0.25) is 0 Å². The van der Waals surface area contributed by atoms with E-state index in [0.29, 0.717) is 0 Å².